The third kappa shape index (κ3) is 44.4. The third-order valence-electron chi connectivity index (χ3n) is 19.7. The van der Waals surface area contributed by atoms with E-state index < -0.39 is 212 Å². The second-order valence-electron chi connectivity index (χ2n) is 30.2. The molecule has 47 heteroatoms. The minimum absolute atomic E-state index is 0.0483. The van der Waals surface area contributed by atoms with Gasteiger partial charge < -0.3 is 127 Å². The summed E-state index contributed by atoms with van der Waals surface area (Å²) in [5, 5.41) is 93.4. The number of nitrogens with two attached hydrogens (primary N) is 2. The molecule has 0 spiro atoms. The summed E-state index contributed by atoms with van der Waals surface area (Å²) in [5.74, 6) is -18.6. The number of aliphatic carboxylic acids is 3. The second-order valence-corrected chi connectivity index (χ2v) is 31.5. The first-order valence-electron chi connectivity index (χ1n) is 42.0. The van der Waals surface area contributed by atoms with E-state index in [1.165, 1.54) is 6.21 Å². The third-order valence-corrected chi connectivity index (χ3v) is 20.4. The highest BCUT2D eigenvalue weighted by molar-refractivity contribution is 14.1. The van der Waals surface area contributed by atoms with Gasteiger partial charge in [-0.05, 0) is 135 Å². The molecule has 46 nitrogen and oxygen atoms in total. The number of guanidine groups is 2. The SMILES string of the molecule is N=C(N)NCCC[C@@H]1NC(=O)[C@H](CCC(=O)NCCCCCC(=O)NCCCC[C@H](NC(=O)CCCCCNC(=O)CC[C@@H]2NC(=O)[C@@H](Cc3ccccc3)NC(=O)[C@H](CC(=O)O)NC(=O)CNC(=O)[C@H](CCCNC(=N)N)NC2=O)C(=O)N[C@@H](CNC(=O)CO/N=C/c2ccc(I)cc2)C(=O)O)NC(=O)[C@@H](Cc2ccccc2)NC(=O)[C@H](CC(=O)O)NC(=O)CNC1=O. The number of unbranched alkanes of at least 4 members (excludes halogenated alkanes) is 5. The Hall–Kier alpha value is -13.7. The summed E-state index contributed by atoms with van der Waals surface area (Å²) in [6, 6.07) is 8.59. The van der Waals surface area contributed by atoms with Crippen molar-refractivity contribution in [2.75, 3.05) is 59.0 Å². The summed E-state index contributed by atoms with van der Waals surface area (Å²) in [7, 11) is 0. The topological polar surface area (TPSA) is 723 Å². The first kappa shape index (κ1) is 106. The second kappa shape index (κ2) is 58.6. The number of amides is 16. The monoisotopic (exact) mass is 1920 g/mol. The van der Waals surface area contributed by atoms with E-state index in [2.05, 4.69) is 123 Å². The van der Waals surface area contributed by atoms with Crippen LogP contribution in [-0.2, 0) is 109 Å². The van der Waals surface area contributed by atoms with Gasteiger partial charge in [-0.25, -0.2) is 4.79 Å². The Morgan fingerprint density at radius 3 is 1.23 bits per heavy atom. The van der Waals surface area contributed by atoms with E-state index in [1.54, 1.807) is 72.8 Å². The summed E-state index contributed by atoms with van der Waals surface area (Å²) in [4.78, 5) is 259. The molecule has 2 aliphatic heterocycles. The van der Waals surface area contributed by atoms with Crippen LogP contribution in [0.2, 0.25) is 0 Å². The van der Waals surface area contributed by atoms with Crippen LogP contribution in [-0.4, -0.2) is 265 Å². The number of carboxylic acids is 3. The first-order chi connectivity index (χ1) is 61.6. The minimum Gasteiger partial charge on any atom is -0.481 e. The van der Waals surface area contributed by atoms with Crippen molar-refractivity contribution in [1.82, 2.24) is 95.7 Å². The molecule has 5 rings (SSSR count). The van der Waals surface area contributed by atoms with E-state index in [4.69, 9.17) is 27.1 Å². The zero-order chi connectivity index (χ0) is 94.6. The Labute approximate surface area is 756 Å². The van der Waals surface area contributed by atoms with Gasteiger partial charge in [0, 0.05) is 81.4 Å². The lowest BCUT2D eigenvalue weighted by Gasteiger charge is -2.26. The van der Waals surface area contributed by atoms with E-state index in [1.807, 2.05) is 12.1 Å². The number of benzene rings is 3. The predicted octanol–water partition coefficient (Wildman–Crippen LogP) is -4.89. The average molecular weight is 1920 g/mol. The molecular weight excluding hydrogens is 1800 g/mol. The molecule has 2 aliphatic rings. The van der Waals surface area contributed by atoms with Crippen molar-refractivity contribution in [2.24, 2.45) is 16.6 Å². The van der Waals surface area contributed by atoms with Gasteiger partial charge in [-0.15, -0.1) is 0 Å². The highest BCUT2D eigenvalue weighted by Gasteiger charge is 2.37. The molecule has 0 unspecified atom stereocenters. The molecule has 129 heavy (non-hydrogen) atoms. The van der Waals surface area contributed by atoms with E-state index in [0.29, 0.717) is 48.8 Å². The van der Waals surface area contributed by atoms with E-state index in [-0.39, 0.29) is 147 Å². The van der Waals surface area contributed by atoms with E-state index >= 15 is 0 Å². The van der Waals surface area contributed by atoms with Crippen molar-refractivity contribution in [1.29, 1.82) is 10.8 Å². The summed E-state index contributed by atoms with van der Waals surface area (Å²) in [5.41, 5.74) is 12.6. The molecule has 0 saturated carbocycles. The summed E-state index contributed by atoms with van der Waals surface area (Å²) in [6.07, 6.45) is 0.199. The van der Waals surface area contributed by atoms with Gasteiger partial charge in [0.25, 0.3) is 5.91 Å². The van der Waals surface area contributed by atoms with Crippen LogP contribution in [0, 0.1) is 14.4 Å². The van der Waals surface area contributed by atoms with Crippen LogP contribution in [0.25, 0.3) is 0 Å². The Bertz CT molecular complexity index is 4380. The number of oxime groups is 1. The zero-order valence-electron chi connectivity index (χ0n) is 71.0. The van der Waals surface area contributed by atoms with Gasteiger partial charge in [-0.2, -0.15) is 0 Å². The number of rotatable bonds is 49. The van der Waals surface area contributed by atoms with Gasteiger partial charge in [0.1, 0.15) is 60.4 Å². The largest absolute Gasteiger partial charge is 0.481 e. The quantitative estimate of drug-likeness (QED) is 0.00828. The number of carbonyl (C=O) groups is 19. The Balaban J connectivity index is 1.16. The molecule has 10 atom stereocenters. The standard InChI is InChI=1S/C82H116IN23O23/c83-51-28-26-50(27-29-51)43-96-129-47-68(113)93-44-61(80(127)128)106-73(120)54(97-65(110)25-10-4-13-35-90-64(109)33-31-56-75(122)101-53(23-16-38-92-82(86)87)72(119)95-46-67(112)99-60(42-70(116)117)79(126)105-58(77(124)103-56)40-49-19-7-2-8-20-49)21-11-14-36-88-62(107)24-9-3-12-34-89-63(108)32-30-55-74(121)100-52(22-15-37-91-81(84)85)71(118)94-45-66(111)98-59(41-69(114)115)78(125)104-57(76(123)102-55)39-48-17-5-1-6-18-48/h1-2,5-8,17-20,26-29,43,52-61H,3-4,9-16,21-25,30-42,44-47H2,(H,88,107)(H,89,108)(H,90,109)(H,93,113)(H,94,118)(H,95,119)(H,97,110)(H,98,111)(H,99,112)(H,100,121)(H,101,122)(H,102,123)(H,103,124)(H,104,125)(H,105,126)(H,106,120)(H,114,115)(H,116,117)(H,127,128)(H4,84,85,91)(H4,86,87,92)/b96-43+/t52-,53-,54-,55-,56-,57+,58+,59-,60-,61-/m0/s1. The molecule has 2 fully saturated rings. The van der Waals surface area contributed by atoms with Crippen LogP contribution in [0.4, 0.5) is 0 Å². The molecule has 0 radical (unpaired) electrons. The van der Waals surface area contributed by atoms with Crippen molar-refractivity contribution in [3.8, 4) is 0 Å². The van der Waals surface area contributed by atoms with Crippen LogP contribution in [0.1, 0.15) is 152 Å². The molecule has 0 aliphatic carbocycles. The minimum atomic E-state index is -1.73. The van der Waals surface area contributed by atoms with Crippen molar-refractivity contribution in [3.63, 3.8) is 0 Å². The first-order valence-corrected chi connectivity index (χ1v) is 43.1. The van der Waals surface area contributed by atoms with Gasteiger partial charge in [0.05, 0.1) is 32.1 Å². The van der Waals surface area contributed by atoms with E-state index in [0.717, 1.165) is 3.57 Å². The molecule has 704 valence electrons. The molecule has 0 bridgehead atoms. The maximum atomic E-state index is 14.2. The molecule has 2 saturated heterocycles. The fourth-order valence-corrected chi connectivity index (χ4v) is 13.3. The molecular formula is C82H116IN23O23. The Morgan fingerprint density at radius 1 is 0.419 bits per heavy atom. The number of nitrogens with one attached hydrogen (secondary N) is 20. The molecule has 0 aromatic heterocycles. The van der Waals surface area contributed by atoms with Gasteiger partial charge in [0.2, 0.25) is 88.6 Å². The Kier molecular flexibility index (Phi) is 48.1. The molecule has 27 N–H and O–H groups in total. The smallest absolute Gasteiger partial charge is 0.328 e. The Morgan fingerprint density at radius 2 is 0.806 bits per heavy atom. The van der Waals surface area contributed by atoms with E-state index in [9.17, 15) is 106 Å². The van der Waals surface area contributed by atoms with Gasteiger partial charge >= 0.3 is 17.9 Å². The van der Waals surface area contributed by atoms with Crippen LogP contribution < -0.4 is 107 Å². The fraction of sp³-hybridized carbons (Fsp3) is 0.512. The summed E-state index contributed by atoms with van der Waals surface area (Å²) < 4.78 is 0.973. The van der Waals surface area contributed by atoms with Crippen molar-refractivity contribution >= 4 is 153 Å². The van der Waals surface area contributed by atoms with Crippen molar-refractivity contribution in [3.05, 3.63) is 105 Å². The normalized spacial score (nSPS) is 18.9. The van der Waals surface area contributed by atoms with Gasteiger partial charge in [0.15, 0.2) is 18.5 Å². The number of halogens is 1. The predicted molar refractivity (Wildman–Crippen MR) is 470 cm³/mol. The van der Waals surface area contributed by atoms with Gasteiger partial charge in [-0.3, -0.25) is 97.1 Å². The highest BCUT2D eigenvalue weighted by Crippen LogP contribution is 2.15. The molecule has 16 amide bonds. The number of hydrogen-bond acceptors (Lipinski definition) is 23. The lowest BCUT2D eigenvalue weighted by molar-refractivity contribution is -0.142. The lowest BCUT2D eigenvalue weighted by atomic mass is 10.0. The maximum Gasteiger partial charge on any atom is 0.328 e. The fourth-order valence-electron chi connectivity index (χ4n) is 12.9. The summed E-state index contributed by atoms with van der Waals surface area (Å²) in [6.45, 7) is -2.27. The van der Waals surface area contributed by atoms with Crippen LogP contribution in [0.5, 0.6) is 0 Å². The number of nitrogens with zero attached hydrogens (tertiary/aromatic N) is 1. The van der Waals surface area contributed by atoms with Crippen molar-refractivity contribution < 1.29 is 111 Å². The zero-order valence-corrected chi connectivity index (χ0v) is 73.2. The molecule has 2 heterocycles. The van der Waals surface area contributed by atoms with Crippen LogP contribution in [0.15, 0.2) is 90.1 Å². The number of carbonyl (C=O) groups excluding carboxylic acids is 16. The van der Waals surface area contributed by atoms with Crippen LogP contribution >= 0.6 is 22.6 Å². The van der Waals surface area contributed by atoms with Crippen LogP contribution in [0.3, 0.4) is 0 Å². The maximum absolute atomic E-state index is 14.2. The number of hydrogen-bond donors (Lipinski definition) is 25. The highest BCUT2D eigenvalue weighted by atomic mass is 127. The number of carboxylic acid groups (broad SMARTS) is 3. The molecule has 3 aromatic rings. The summed E-state index contributed by atoms with van der Waals surface area (Å²) >= 11 is 2.13. The lowest BCUT2D eigenvalue weighted by Crippen LogP contribution is -2.58. The average Bonchev–Trinajstić information content (AvgIpc) is 1.76. The van der Waals surface area contributed by atoms with Crippen molar-refractivity contribution in [2.45, 2.75) is 208 Å². The molecule has 3 aromatic carbocycles. The van der Waals surface area contributed by atoms with Gasteiger partial charge in [-0.1, -0.05) is 90.8 Å².